The molecule has 7 heteroatoms. The lowest BCUT2D eigenvalue weighted by atomic mass is 9.74. The van der Waals surface area contributed by atoms with E-state index in [0.717, 1.165) is 4.47 Å². The van der Waals surface area contributed by atoms with Crippen LogP contribution >= 0.6 is 15.9 Å². The summed E-state index contributed by atoms with van der Waals surface area (Å²) in [5.74, 6) is -0.207. The largest absolute Gasteiger partial charge is 0.418 e. The first-order valence-corrected chi connectivity index (χ1v) is 10.1. The van der Waals surface area contributed by atoms with Gasteiger partial charge in [-0.2, -0.15) is 13.2 Å². The molecular formula is C22H23BrF3NO2. The number of hydrogen-bond donors (Lipinski definition) is 1. The third kappa shape index (κ3) is 4.51. The average Bonchev–Trinajstić information content (AvgIpc) is 2.63. The molecule has 1 aromatic rings. The number of benzene rings is 1. The maximum absolute atomic E-state index is 14.1. The number of halogens is 4. The van der Waals surface area contributed by atoms with E-state index in [1.807, 2.05) is 6.08 Å². The highest BCUT2D eigenvalue weighted by Crippen LogP contribution is 2.43. The highest BCUT2D eigenvalue weighted by Gasteiger charge is 2.57. The van der Waals surface area contributed by atoms with E-state index >= 15 is 0 Å². The van der Waals surface area contributed by atoms with Gasteiger partial charge in [-0.3, -0.25) is 4.79 Å². The Labute approximate surface area is 176 Å². The molecule has 2 unspecified atom stereocenters. The molecule has 3 rings (SSSR count). The number of alkyl halides is 3. The van der Waals surface area contributed by atoms with E-state index in [2.05, 4.69) is 15.9 Å². The van der Waals surface area contributed by atoms with Crippen LogP contribution in [0.1, 0.15) is 32.3 Å². The summed E-state index contributed by atoms with van der Waals surface area (Å²) in [4.78, 5) is 13.5. The molecule has 2 aliphatic rings. The Balaban J connectivity index is 1.90. The van der Waals surface area contributed by atoms with Gasteiger partial charge < -0.3 is 10.0 Å². The summed E-state index contributed by atoms with van der Waals surface area (Å²) in [6.45, 7) is 2.74. The van der Waals surface area contributed by atoms with Crippen LogP contribution in [0.25, 0.3) is 0 Å². The second-order valence-electron chi connectivity index (χ2n) is 8.25. The summed E-state index contributed by atoms with van der Waals surface area (Å²) >= 11 is 3.33. The number of β-amino-alcohol motifs (C(OH)–C–C–N with tert-alkyl or cyclic N) is 1. The minimum Gasteiger partial charge on any atom is -0.379 e. The van der Waals surface area contributed by atoms with Gasteiger partial charge in [-0.25, -0.2) is 0 Å². The summed E-state index contributed by atoms with van der Waals surface area (Å²) < 4.78 is 43.0. The molecule has 2 atom stereocenters. The van der Waals surface area contributed by atoms with Crippen LogP contribution in [-0.2, 0) is 10.2 Å². The number of carbonyl (C=O) groups excluding carboxylic acids is 1. The quantitative estimate of drug-likeness (QED) is 0.654. The van der Waals surface area contributed by atoms with Gasteiger partial charge in [0, 0.05) is 22.3 Å². The average molecular weight is 470 g/mol. The van der Waals surface area contributed by atoms with Crippen molar-refractivity contribution in [3.63, 3.8) is 0 Å². The second-order valence-corrected chi connectivity index (χ2v) is 9.17. The molecule has 1 N–H and O–H groups in total. The van der Waals surface area contributed by atoms with Crippen molar-refractivity contribution in [1.29, 1.82) is 0 Å². The van der Waals surface area contributed by atoms with Crippen LogP contribution in [0.4, 0.5) is 13.2 Å². The molecule has 156 valence electrons. The number of ketones is 1. The monoisotopic (exact) mass is 469 g/mol. The Bertz CT molecular complexity index is 871. The topological polar surface area (TPSA) is 40.5 Å². The Hall–Kier alpha value is -1.86. The number of rotatable bonds is 5. The van der Waals surface area contributed by atoms with E-state index in [1.165, 1.54) is 17.2 Å². The van der Waals surface area contributed by atoms with Crippen LogP contribution in [0.5, 0.6) is 0 Å². The van der Waals surface area contributed by atoms with Gasteiger partial charge in [-0.05, 0) is 36.0 Å². The normalized spacial score (nSPS) is 21.6. The van der Waals surface area contributed by atoms with E-state index in [-0.39, 0.29) is 5.78 Å². The third-order valence-electron chi connectivity index (χ3n) is 5.56. The summed E-state index contributed by atoms with van der Waals surface area (Å²) in [7, 11) is 0. The molecule has 0 saturated carbocycles. The zero-order valence-electron chi connectivity index (χ0n) is 16.2. The van der Waals surface area contributed by atoms with Gasteiger partial charge in [0.1, 0.15) is 0 Å². The van der Waals surface area contributed by atoms with Crippen molar-refractivity contribution >= 4 is 21.7 Å². The minimum atomic E-state index is -4.83. The van der Waals surface area contributed by atoms with Crippen molar-refractivity contribution in [2.75, 3.05) is 6.54 Å². The second kappa shape index (κ2) is 7.76. The number of allylic oxidation sites excluding steroid dienone is 3. The smallest absolute Gasteiger partial charge is 0.379 e. The highest BCUT2D eigenvalue weighted by atomic mass is 79.9. The van der Waals surface area contributed by atoms with Crippen molar-refractivity contribution in [2.24, 2.45) is 0 Å². The lowest BCUT2D eigenvalue weighted by Gasteiger charge is -2.44. The molecular weight excluding hydrogens is 447 g/mol. The molecule has 29 heavy (non-hydrogen) atoms. The standard InChI is InChI=1S/C22H23BrF3NO2/c1-20(2,15-7-9-16(23)10-8-15)13-21(29,22(24,25)26)14-27-12-11-19(28)17-5-3-4-6-18(17)27/h3-5,7-12,18,29H,6,13-14H2,1-2H3. The predicted octanol–water partition coefficient (Wildman–Crippen LogP) is 5.06. The van der Waals surface area contributed by atoms with Crippen molar-refractivity contribution < 1.29 is 23.1 Å². The van der Waals surface area contributed by atoms with Crippen molar-refractivity contribution in [2.45, 2.75) is 49.9 Å². The van der Waals surface area contributed by atoms with Gasteiger partial charge in [0.05, 0.1) is 12.6 Å². The van der Waals surface area contributed by atoms with E-state index in [1.54, 1.807) is 50.3 Å². The zero-order chi connectivity index (χ0) is 21.4. The van der Waals surface area contributed by atoms with Crippen LogP contribution in [0.3, 0.4) is 0 Å². The molecule has 1 aliphatic heterocycles. The van der Waals surface area contributed by atoms with E-state index < -0.39 is 36.2 Å². The van der Waals surface area contributed by atoms with Crippen LogP contribution in [-0.4, -0.2) is 40.2 Å². The van der Waals surface area contributed by atoms with E-state index in [0.29, 0.717) is 17.6 Å². The first-order chi connectivity index (χ1) is 13.4. The summed E-state index contributed by atoms with van der Waals surface area (Å²) in [5, 5.41) is 10.9. The SMILES string of the molecule is CC(C)(CC(O)(CN1C=CC(=O)C2=CC=CCC21)C(F)(F)F)c1ccc(Br)cc1. The van der Waals surface area contributed by atoms with E-state index in [9.17, 15) is 23.1 Å². The third-order valence-corrected chi connectivity index (χ3v) is 6.09. The maximum Gasteiger partial charge on any atom is 0.418 e. The molecule has 1 aromatic carbocycles. The van der Waals surface area contributed by atoms with Crippen LogP contribution in [0.2, 0.25) is 0 Å². The molecule has 0 aromatic heterocycles. The fourth-order valence-corrected chi connectivity index (χ4v) is 4.25. The van der Waals surface area contributed by atoms with Gasteiger partial charge in [0.25, 0.3) is 0 Å². The lowest BCUT2D eigenvalue weighted by molar-refractivity contribution is -0.270. The first kappa shape index (κ1) is 21.8. The number of fused-ring (bicyclic) bond motifs is 1. The zero-order valence-corrected chi connectivity index (χ0v) is 17.8. The van der Waals surface area contributed by atoms with Crippen LogP contribution in [0.15, 0.2) is 64.8 Å². The molecule has 1 heterocycles. The van der Waals surface area contributed by atoms with Gasteiger partial charge in [0.15, 0.2) is 11.4 Å². The lowest BCUT2D eigenvalue weighted by Crippen LogP contribution is -2.57. The minimum absolute atomic E-state index is 0.207. The molecule has 3 nitrogen and oxygen atoms in total. The molecule has 0 radical (unpaired) electrons. The van der Waals surface area contributed by atoms with Gasteiger partial charge in [-0.1, -0.05) is 60.1 Å². The molecule has 0 fully saturated rings. The van der Waals surface area contributed by atoms with Crippen LogP contribution < -0.4 is 0 Å². The van der Waals surface area contributed by atoms with Gasteiger partial charge >= 0.3 is 6.18 Å². The van der Waals surface area contributed by atoms with Crippen molar-refractivity contribution in [1.82, 2.24) is 4.90 Å². The van der Waals surface area contributed by atoms with Crippen molar-refractivity contribution in [3.8, 4) is 0 Å². The van der Waals surface area contributed by atoms with Gasteiger partial charge in [-0.15, -0.1) is 0 Å². The molecule has 0 bridgehead atoms. The van der Waals surface area contributed by atoms with Crippen molar-refractivity contribution in [3.05, 3.63) is 70.4 Å². The Morgan fingerprint density at radius 3 is 2.48 bits per heavy atom. The first-order valence-electron chi connectivity index (χ1n) is 9.33. The Morgan fingerprint density at radius 2 is 1.86 bits per heavy atom. The molecule has 1 aliphatic carbocycles. The molecule has 0 saturated heterocycles. The van der Waals surface area contributed by atoms with Gasteiger partial charge in [0.2, 0.25) is 0 Å². The number of aliphatic hydroxyl groups is 1. The van der Waals surface area contributed by atoms with Crippen LogP contribution in [0, 0.1) is 0 Å². The fraction of sp³-hybridized carbons (Fsp3) is 0.409. The van der Waals surface area contributed by atoms with E-state index in [4.69, 9.17) is 0 Å². The Morgan fingerprint density at radius 1 is 1.21 bits per heavy atom. The predicted molar refractivity (Wildman–Crippen MR) is 109 cm³/mol. The molecule has 0 spiro atoms. The fourth-order valence-electron chi connectivity index (χ4n) is 3.99. The summed E-state index contributed by atoms with van der Waals surface area (Å²) in [6, 6.07) is 6.56. The number of nitrogens with zero attached hydrogens (tertiary/aromatic N) is 1. The number of hydrogen-bond acceptors (Lipinski definition) is 3. The molecule has 0 amide bonds. The summed E-state index contributed by atoms with van der Waals surface area (Å²) in [5.41, 5.74) is -2.72. The highest BCUT2D eigenvalue weighted by molar-refractivity contribution is 9.10. The number of carbonyl (C=O) groups is 1. The summed E-state index contributed by atoms with van der Waals surface area (Å²) in [6.07, 6.45) is 2.89. The maximum atomic E-state index is 14.1. The Kier molecular flexibility index (Phi) is 5.84.